The molecule has 1 N–H and O–H groups in total. The first-order valence-corrected chi connectivity index (χ1v) is 4.80. The molecule has 13 heavy (non-hydrogen) atoms. The highest BCUT2D eigenvalue weighted by Crippen LogP contribution is 2.24. The summed E-state index contributed by atoms with van der Waals surface area (Å²) in [7, 11) is 5.68. The van der Waals surface area contributed by atoms with Gasteiger partial charge in [-0.25, -0.2) is 0 Å². The Kier molecular flexibility index (Phi) is 3.77. The van der Waals surface area contributed by atoms with E-state index >= 15 is 0 Å². The predicted octanol–water partition coefficient (Wildman–Crippen LogP) is 0.444. The van der Waals surface area contributed by atoms with Crippen LogP contribution in [-0.4, -0.2) is 43.4 Å². The van der Waals surface area contributed by atoms with Crippen molar-refractivity contribution in [3.05, 3.63) is 0 Å². The maximum absolute atomic E-state index is 9.74. The van der Waals surface area contributed by atoms with Crippen LogP contribution < -0.4 is 0 Å². The van der Waals surface area contributed by atoms with Crippen molar-refractivity contribution in [1.82, 2.24) is 0 Å². The predicted molar refractivity (Wildman–Crippen MR) is 50.7 cm³/mol. The van der Waals surface area contributed by atoms with Crippen LogP contribution >= 0.6 is 0 Å². The summed E-state index contributed by atoms with van der Waals surface area (Å²) in [5.74, 6) is 0. The lowest BCUT2D eigenvalue weighted by molar-refractivity contribution is -0.0512. The van der Waals surface area contributed by atoms with Crippen molar-refractivity contribution in [2.24, 2.45) is 0 Å². The minimum Gasteiger partial charge on any atom is -0.388 e. The smallest absolute Gasteiger partial charge is 0.112 e. The summed E-state index contributed by atoms with van der Waals surface area (Å²) in [6, 6.07) is -0.498. The average Bonchev–Trinajstić information content (AvgIpc) is 2.31. The summed E-state index contributed by atoms with van der Waals surface area (Å²) in [5.41, 5.74) is 0. The molecule has 4 atom stereocenters. The molecule has 74 valence electrons. The fourth-order valence-electron chi connectivity index (χ4n) is 1.58. The molecule has 3 nitrogen and oxygen atoms in total. The summed E-state index contributed by atoms with van der Waals surface area (Å²) in [5, 5.41) is 9.74. The molecule has 0 bridgehead atoms. The zero-order valence-corrected chi connectivity index (χ0v) is 8.43. The van der Waals surface area contributed by atoms with Gasteiger partial charge in [0.2, 0.25) is 0 Å². The third-order valence-electron chi connectivity index (χ3n) is 2.20. The summed E-state index contributed by atoms with van der Waals surface area (Å²) in [6.45, 7) is 5.79. The largest absolute Gasteiger partial charge is 0.388 e. The molecular weight excluding hydrogens is 167 g/mol. The van der Waals surface area contributed by atoms with Gasteiger partial charge in [-0.2, -0.15) is 0 Å². The zero-order valence-electron chi connectivity index (χ0n) is 8.43. The Bertz CT molecular complexity index is 163. The van der Waals surface area contributed by atoms with Gasteiger partial charge in [-0.15, -0.1) is 0 Å². The van der Waals surface area contributed by atoms with Crippen molar-refractivity contribution in [1.29, 1.82) is 0 Å². The van der Waals surface area contributed by atoms with Crippen molar-refractivity contribution in [3.8, 4) is 0 Å². The Morgan fingerprint density at radius 2 is 2.15 bits per heavy atom. The van der Waals surface area contributed by atoms with Crippen LogP contribution in [0.2, 0.25) is 0 Å². The van der Waals surface area contributed by atoms with E-state index in [1.165, 1.54) is 0 Å². The molecule has 1 aliphatic heterocycles. The van der Waals surface area contributed by atoms with Gasteiger partial charge in [0.05, 0.1) is 12.2 Å². The van der Waals surface area contributed by atoms with Crippen LogP contribution in [0.4, 0.5) is 0 Å². The standard InChI is InChI=1S/C9H17BO3/c1-4-6-7(11)8(9(10)13-6)12-5(2)3/h5-9,11H,4H2,1-3H3/t6-,7?,8+,9-/m1/s1. The van der Waals surface area contributed by atoms with Crippen molar-refractivity contribution >= 4 is 7.85 Å². The number of ether oxygens (including phenoxy) is 2. The Morgan fingerprint density at radius 3 is 2.54 bits per heavy atom. The highest BCUT2D eigenvalue weighted by molar-refractivity contribution is 6.11. The number of aliphatic hydroxyl groups excluding tert-OH is 1. The quantitative estimate of drug-likeness (QED) is 0.647. The van der Waals surface area contributed by atoms with Crippen LogP contribution in [0.25, 0.3) is 0 Å². The first-order valence-electron chi connectivity index (χ1n) is 4.80. The van der Waals surface area contributed by atoms with E-state index < -0.39 is 12.1 Å². The van der Waals surface area contributed by atoms with Crippen LogP contribution in [-0.2, 0) is 9.47 Å². The van der Waals surface area contributed by atoms with E-state index in [0.29, 0.717) is 0 Å². The molecule has 0 amide bonds. The van der Waals surface area contributed by atoms with E-state index in [-0.39, 0.29) is 18.3 Å². The van der Waals surface area contributed by atoms with Gasteiger partial charge in [0.25, 0.3) is 0 Å². The Labute approximate surface area is 80.8 Å². The molecule has 1 aliphatic rings. The van der Waals surface area contributed by atoms with E-state index in [0.717, 1.165) is 6.42 Å². The molecular formula is C9H17BO3. The first kappa shape index (κ1) is 11.0. The van der Waals surface area contributed by atoms with Gasteiger partial charge in [-0.3, -0.25) is 0 Å². The number of hydrogen-bond donors (Lipinski definition) is 1. The highest BCUT2D eigenvalue weighted by atomic mass is 16.6. The molecule has 1 fully saturated rings. The maximum atomic E-state index is 9.74. The van der Waals surface area contributed by atoms with Gasteiger partial charge >= 0.3 is 0 Å². The molecule has 0 aromatic carbocycles. The molecule has 1 unspecified atom stereocenters. The number of aliphatic hydroxyl groups is 1. The monoisotopic (exact) mass is 184 g/mol. The molecule has 0 aromatic heterocycles. The molecule has 0 aliphatic carbocycles. The summed E-state index contributed by atoms with van der Waals surface area (Å²) < 4.78 is 10.8. The molecule has 0 spiro atoms. The first-order chi connectivity index (χ1) is 6.06. The van der Waals surface area contributed by atoms with Crippen LogP contribution in [0.3, 0.4) is 0 Å². The van der Waals surface area contributed by atoms with Gasteiger partial charge < -0.3 is 14.6 Å². The van der Waals surface area contributed by atoms with Gasteiger partial charge in [0.15, 0.2) is 0 Å². The normalized spacial score (nSPS) is 40.1. The van der Waals surface area contributed by atoms with Gasteiger partial charge in [-0.05, 0) is 20.3 Å². The summed E-state index contributed by atoms with van der Waals surface area (Å²) in [6.07, 6.45) is -0.344. The zero-order chi connectivity index (χ0) is 10.0. The lowest BCUT2D eigenvalue weighted by Gasteiger charge is -2.21. The van der Waals surface area contributed by atoms with Crippen molar-refractivity contribution in [2.45, 2.75) is 57.6 Å². The number of rotatable bonds is 3. The minimum absolute atomic E-state index is 0.0601. The van der Waals surface area contributed by atoms with Crippen LogP contribution in [0.15, 0.2) is 0 Å². The molecule has 1 saturated heterocycles. The van der Waals surface area contributed by atoms with Crippen LogP contribution in [0.5, 0.6) is 0 Å². The second-order valence-corrected chi connectivity index (χ2v) is 3.69. The fourth-order valence-corrected chi connectivity index (χ4v) is 1.58. The third-order valence-corrected chi connectivity index (χ3v) is 2.20. The van der Waals surface area contributed by atoms with Crippen LogP contribution in [0.1, 0.15) is 27.2 Å². The van der Waals surface area contributed by atoms with E-state index in [1.807, 2.05) is 20.8 Å². The van der Waals surface area contributed by atoms with Crippen molar-refractivity contribution in [2.75, 3.05) is 0 Å². The van der Waals surface area contributed by atoms with Crippen molar-refractivity contribution in [3.63, 3.8) is 0 Å². The molecule has 1 rings (SSSR count). The average molecular weight is 184 g/mol. The van der Waals surface area contributed by atoms with E-state index in [1.54, 1.807) is 0 Å². The fraction of sp³-hybridized carbons (Fsp3) is 1.00. The Balaban J connectivity index is 2.53. The topological polar surface area (TPSA) is 38.7 Å². The van der Waals surface area contributed by atoms with Gasteiger partial charge in [-0.1, -0.05) is 6.92 Å². The van der Waals surface area contributed by atoms with E-state index in [2.05, 4.69) is 0 Å². The lowest BCUT2D eigenvalue weighted by Crippen LogP contribution is -2.37. The third kappa shape index (κ3) is 2.45. The van der Waals surface area contributed by atoms with Gasteiger partial charge in [0, 0.05) is 6.00 Å². The maximum Gasteiger partial charge on any atom is 0.112 e. The van der Waals surface area contributed by atoms with E-state index in [9.17, 15) is 5.11 Å². The summed E-state index contributed by atoms with van der Waals surface area (Å²) >= 11 is 0. The molecule has 0 aromatic rings. The summed E-state index contributed by atoms with van der Waals surface area (Å²) in [4.78, 5) is 0. The number of hydrogen-bond acceptors (Lipinski definition) is 3. The molecule has 0 saturated carbocycles. The van der Waals surface area contributed by atoms with Crippen LogP contribution in [0, 0.1) is 0 Å². The molecule has 2 radical (unpaired) electrons. The second kappa shape index (κ2) is 4.44. The second-order valence-electron chi connectivity index (χ2n) is 3.69. The lowest BCUT2D eigenvalue weighted by atomic mass is 9.92. The molecule has 4 heteroatoms. The Morgan fingerprint density at radius 1 is 1.54 bits per heavy atom. The SMILES string of the molecule is [B][C@@H]1O[C@H](CC)C(O)[C@@H]1OC(C)C. The minimum atomic E-state index is -0.595. The van der Waals surface area contributed by atoms with Gasteiger partial charge in [0.1, 0.15) is 20.1 Å². The Hall–Kier alpha value is -0.0551. The highest BCUT2D eigenvalue weighted by Gasteiger charge is 2.40. The van der Waals surface area contributed by atoms with E-state index in [4.69, 9.17) is 17.3 Å². The molecule has 1 heterocycles. The van der Waals surface area contributed by atoms with Crippen molar-refractivity contribution < 1.29 is 14.6 Å².